The average molecular weight is 688 g/mol. The van der Waals surface area contributed by atoms with E-state index in [2.05, 4.69) is 52.8 Å². The molecule has 6 rings (SSSR count). The van der Waals surface area contributed by atoms with Crippen molar-refractivity contribution >= 4 is 104 Å². The molecule has 0 aliphatic carbocycles. The minimum atomic E-state index is -3.95. The van der Waals surface area contributed by atoms with Crippen molar-refractivity contribution in [1.82, 2.24) is 15.0 Å². The molecule has 0 N–H and O–H groups in total. The molecule has 6 aromatic rings. The fourth-order valence-corrected chi connectivity index (χ4v) is 6.61. The molecular formula is C30H18AsN3O6S3. The van der Waals surface area contributed by atoms with Gasteiger partial charge in [0.05, 0.1) is 0 Å². The molecule has 0 saturated carbocycles. The number of hydrogen-bond donors (Lipinski definition) is 3. The van der Waals surface area contributed by atoms with E-state index in [1.807, 2.05) is 36.4 Å². The standard InChI is InChI=1S/C30H18AsN3O6S3/c35-28(19-13-10-16-4-1-7-22(41)25(16)32-19)38-31(39-29(36)20-14-11-17-5-2-8-23(42)26(17)33-20)40-30(37)21-15-12-18-6-3-9-24(43)27(18)34-21/h1-15,41-43H. The number of rotatable bonds is 6. The van der Waals surface area contributed by atoms with Crippen LogP contribution >= 0.6 is 37.9 Å². The normalized spacial score (nSPS) is 11.2. The third-order valence-electron chi connectivity index (χ3n) is 6.20. The predicted octanol–water partition coefficient (Wildman–Crippen LogP) is 6.05. The summed E-state index contributed by atoms with van der Waals surface area (Å²) in [7, 11) is 0. The summed E-state index contributed by atoms with van der Waals surface area (Å²) in [6.07, 6.45) is 0. The van der Waals surface area contributed by atoms with Gasteiger partial charge >= 0.3 is 267 Å². The zero-order valence-electron chi connectivity index (χ0n) is 21.7. The van der Waals surface area contributed by atoms with Gasteiger partial charge in [-0.3, -0.25) is 0 Å². The van der Waals surface area contributed by atoms with E-state index in [1.165, 1.54) is 18.2 Å². The number of pyridine rings is 3. The number of hydrogen-bond acceptors (Lipinski definition) is 12. The first-order valence-electron chi connectivity index (χ1n) is 12.5. The van der Waals surface area contributed by atoms with E-state index in [0.29, 0.717) is 31.2 Å². The van der Waals surface area contributed by atoms with Crippen molar-refractivity contribution in [3.05, 3.63) is 108 Å². The van der Waals surface area contributed by atoms with Crippen LogP contribution in [-0.4, -0.2) is 48.5 Å². The fraction of sp³-hybridized carbons (Fsp3) is 0. The topological polar surface area (TPSA) is 118 Å². The molecule has 3 aromatic carbocycles. The van der Waals surface area contributed by atoms with Gasteiger partial charge in [0, 0.05) is 0 Å². The summed E-state index contributed by atoms with van der Waals surface area (Å²) >= 11 is 9.26. The number of para-hydroxylation sites is 3. The Kier molecular flexibility index (Phi) is 8.27. The maximum atomic E-state index is 13.2. The first-order valence-corrected chi connectivity index (χ1v) is 16.1. The molecule has 0 saturated heterocycles. The quantitative estimate of drug-likeness (QED) is 0.142. The van der Waals surface area contributed by atoms with E-state index >= 15 is 0 Å². The fourth-order valence-electron chi connectivity index (χ4n) is 4.13. The summed E-state index contributed by atoms with van der Waals surface area (Å²) in [5.74, 6) is -2.85. The molecule has 3 aromatic heterocycles. The third-order valence-corrected chi connectivity index (χ3v) is 9.26. The number of benzene rings is 3. The summed E-state index contributed by atoms with van der Waals surface area (Å²) in [4.78, 5) is 54.2. The molecule has 9 nitrogen and oxygen atoms in total. The number of nitrogens with zero attached hydrogens (tertiary/aromatic N) is 3. The molecule has 43 heavy (non-hydrogen) atoms. The zero-order valence-corrected chi connectivity index (χ0v) is 26.3. The van der Waals surface area contributed by atoms with Crippen LogP contribution < -0.4 is 0 Å². The predicted molar refractivity (Wildman–Crippen MR) is 169 cm³/mol. The van der Waals surface area contributed by atoms with Crippen LogP contribution in [0.1, 0.15) is 31.5 Å². The summed E-state index contributed by atoms with van der Waals surface area (Å²) in [6.45, 7) is 0. The zero-order chi connectivity index (χ0) is 30.1. The van der Waals surface area contributed by atoms with Gasteiger partial charge in [0.1, 0.15) is 0 Å². The van der Waals surface area contributed by atoms with E-state index < -0.39 is 33.6 Å². The average Bonchev–Trinajstić information content (AvgIpc) is 3.01. The Morgan fingerprint density at radius 1 is 0.465 bits per heavy atom. The van der Waals surface area contributed by atoms with Crippen molar-refractivity contribution in [3.63, 3.8) is 0 Å². The van der Waals surface area contributed by atoms with Gasteiger partial charge in [-0.05, 0) is 0 Å². The van der Waals surface area contributed by atoms with Crippen molar-refractivity contribution in [2.75, 3.05) is 0 Å². The summed E-state index contributed by atoms with van der Waals surface area (Å²) in [5, 5.41) is 2.27. The molecule has 0 radical (unpaired) electrons. The molecule has 0 unspecified atom stereocenters. The first kappa shape index (κ1) is 29.0. The Labute approximate surface area is 266 Å². The molecule has 0 atom stereocenters. The van der Waals surface area contributed by atoms with Crippen LogP contribution in [0.4, 0.5) is 0 Å². The Morgan fingerprint density at radius 3 is 1.07 bits per heavy atom. The molecule has 13 heteroatoms. The molecule has 0 bridgehead atoms. The second-order valence-electron chi connectivity index (χ2n) is 9.00. The van der Waals surface area contributed by atoms with Gasteiger partial charge in [-0.25, -0.2) is 0 Å². The van der Waals surface area contributed by atoms with Crippen molar-refractivity contribution in [3.8, 4) is 0 Å². The van der Waals surface area contributed by atoms with Gasteiger partial charge in [-0.15, -0.1) is 0 Å². The Bertz CT molecular complexity index is 1860. The summed E-state index contributed by atoms with van der Waals surface area (Å²) in [6, 6.07) is 25.4. The van der Waals surface area contributed by atoms with E-state index in [1.54, 1.807) is 36.4 Å². The van der Waals surface area contributed by atoms with Crippen LogP contribution in [0.15, 0.2) is 106 Å². The SMILES string of the molecule is O=C(O[As](OC(=O)c1ccc2cccc(S)c2n1)OC(=O)c1ccc2cccc(S)c2n1)c1ccc2cccc(S)c2n1. The van der Waals surface area contributed by atoms with Gasteiger partial charge in [0.15, 0.2) is 0 Å². The number of fused-ring (bicyclic) bond motifs is 3. The Balaban J connectivity index is 1.30. The second-order valence-corrected chi connectivity index (χ2v) is 12.5. The van der Waals surface area contributed by atoms with Crippen molar-refractivity contribution in [1.29, 1.82) is 0 Å². The van der Waals surface area contributed by atoms with Gasteiger partial charge in [-0.2, -0.15) is 0 Å². The van der Waals surface area contributed by atoms with E-state index in [-0.39, 0.29) is 17.1 Å². The molecule has 0 spiro atoms. The van der Waals surface area contributed by atoms with Crippen molar-refractivity contribution in [2.45, 2.75) is 14.7 Å². The third kappa shape index (κ3) is 6.18. The van der Waals surface area contributed by atoms with Crippen LogP contribution in [0.25, 0.3) is 32.7 Å². The molecule has 0 aliphatic heterocycles. The number of aromatic nitrogens is 3. The van der Waals surface area contributed by atoms with Crippen LogP contribution in [0.2, 0.25) is 0 Å². The second kappa shape index (κ2) is 12.3. The van der Waals surface area contributed by atoms with Gasteiger partial charge in [-0.1, -0.05) is 0 Å². The molecule has 212 valence electrons. The number of thiol groups is 3. The van der Waals surface area contributed by atoms with E-state index in [4.69, 9.17) is 11.2 Å². The molecule has 0 fully saturated rings. The first-order chi connectivity index (χ1) is 20.8. The van der Waals surface area contributed by atoms with Crippen molar-refractivity contribution in [2.24, 2.45) is 0 Å². The molecule has 0 aliphatic rings. The molecule has 0 amide bonds. The number of carbonyl (C=O) groups excluding carboxylic acids is 3. The van der Waals surface area contributed by atoms with E-state index in [9.17, 15) is 14.4 Å². The maximum absolute atomic E-state index is 13.2. The van der Waals surface area contributed by atoms with Crippen LogP contribution in [-0.2, 0) is 11.2 Å². The van der Waals surface area contributed by atoms with Gasteiger partial charge in [0.2, 0.25) is 0 Å². The summed E-state index contributed by atoms with van der Waals surface area (Å²) < 4.78 is 16.4. The van der Waals surface area contributed by atoms with Crippen molar-refractivity contribution < 1.29 is 25.6 Å². The summed E-state index contributed by atoms with van der Waals surface area (Å²) in [5.41, 5.74) is 1.14. The van der Waals surface area contributed by atoms with Gasteiger partial charge in [0.25, 0.3) is 0 Å². The Morgan fingerprint density at radius 2 is 0.767 bits per heavy atom. The monoisotopic (exact) mass is 687 g/mol. The Hall–Kier alpha value is -4.09. The van der Waals surface area contributed by atoms with Crippen LogP contribution in [0, 0.1) is 0 Å². The van der Waals surface area contributed by atoms with Crippen LogP contribution in [0.5, 0.6) is 0 Å². The molecular weight excluding hydrogens is 669 g/mol. The number of carbonyl (C=O) groups is 3. The van der Waals surface area contributed by atoms with E-state index in [0.717, 1.165) is 16.2 Å². The van der Waals surface area contributed by atoms with Gasteiger partial charge < -0.3 is 0 Å². The minimum absolute atomic E-state index is 0.0902. The molecule has 3 heterocycles. The van der Waals surface area contributed by atoms with Crippen LogP contribution in [0.3, 0.4) is 0 Å².